The highest BCUT2D eigenvalue weighted by atomic mass is 15.3. The first kappa shape index (κ1) is 17.1. The van der Waals surface area contributed by atoms with Crippen LogP contribution in [0.25, 0.3) is 11.6 Å². The average molecular weight is 346 g/mol. The summed E-state index contributed by atoms with van der Waals surface area (Å²) >= 11 is 0. The van der Waals surface area contributed by atoms with Crippen molar-refractivity contribution in [3.05, 3.63) is 59.7 Å². The SMILES string of the molecule is CN(C)c1nc(N)nc(/C(C#N)=C\c2cnn(Cc3ccccc3)c2)n1. The zero-order valence-electron chi connectivity index (χ0n) is 14.5. The predicted octanol–water partition coefficient (Wildman–Crippen LogP) is 1.83. The van der Waals surface area contributed by atoms with Crippen molar-refractivity contribution in [3.8, 4) is 6.07 Å². The van der Waals surface area contributed by atoms with E-state index < -0.39 is 0 Å². The van der Waals surface area contributed by atoms with Crippen molar-refractivity contribution < 1.29 is 0 Å². The van der Waals surface area contributed by atoms with Gasteiger partial charge in [0.05, 0.1) is 18.3 Å². The van der Waals surface area contributed by atoms with Gasteiger partial charge in [-0.2, -0.15) is 25.3 Å². The predicted molar refractivity (Wildman–Crippen MR) is 99.8 cm³/mol. The van der Waals surface area contributed by atoms with Gasteiger partial charge in [0.1, 0.15) is 6.07 Å². The molecule has 0 aliphatic carbocycles. The number of anilines is 2. The Kier molecular flexibility index (Phi) is 4.90. The molecule has 0 atom stereocenters. The lowest BCUT2D eigenvalue weighted by Crippen LogP contribution is -2.15. The molecular formula is C18H18N8. The molecule has 0 amide bonds. The fraction of sp³-hybridized carbons (Fsp3) is 0.167. The molecular weight excluding hydrogens is 328 g/mol. The maximum Gasteiger partial charge on any atom is 0.230 e. The fourth-order valence-electron chi connectivity index (χ4n) is 2.33. The Bertz CT molecular complexity index is 966. The number of hydrogen-bond donors (Lipinski definition) is 1. The molecule has 0 aliphatic heterocycles. The number of rotatable bonds is 5. The third kappa shape index (κ3) is 4.02. The molecule has 2 N–H and O–H groups in total. The summed E-state index contributed by atoms with van der Waals surface area (Å²) in [6.45, 7) is 0.653. The lowest BCUT2D eigenvalue weighted by molar-refractivity contribution is 0.687. The van der Waals surface area contributed by atoms with Crippen LogP contribution in [0, 0.1) is 11.3 Å². The fourth-order valence-corrected chi connectivity index (χ4v) is 2.33. The van der Waals surface area contributed by atoms with Crippen LogP contribution in [0.15, 0.2) is 42.7 Å². The first-order valence-corrected chi connectivity index (χ1v) is 7.92. The van der Waals surface area contributed by atoms with Crippen molar-refractivity contribution in [1.82, 2.24) is 24.7 Å². The molecule has 2 aromatic heterocycles. The zero-order valence-corrected chi connectivity index (χ0v) is 14.5. The van der Waals surface area contributed by atoms with E-state index >= 15 is 0 Å². The highest BCUT2D eigenvalue weighted by Crippen LogP contribution is 2.17. The molecule has 0 fully saturated rings. The number of allylic oxidation sites excluding steroid dienone is 1. The average Bonchev–Trinajstić information content (AvgIpc) is 3.07. The second-order valence-electron chi connectivity index (χ2n) is 5.84. The second-order valence-corrected chi connectivity index (χ2v) is 5.84. The van der Waals surface area contributed by atoms with Crippen molar-refractivity contribution in [2.45, 2.75) is 6.54 Å². The molecule has 0 spiro atoms. The lowest BCUT2D eigenvalue weighted by Gasteiger charge is -2.10. The topological polar surface area (TPSA) is 110 Å². The van der Waals surface area contributed by atoms with Crippen LogP contribution < -0.4 is 10.6 Å². The van der Waals surface area contributed by atoms with Gasteiger partial charge in [0, 0.05) is 25.9 Å². The van der Waals surface area contributed by atoms with Crippen LogP contribution in [0.4, 0.5) is 11.9 Å². The summed E-state index contributed by atoms with van der Waals surface area (Å²) in [7, 11) is 3.59. The smallest absolute Gasteiger partial charge is 0.230 e. The molecule has 3 aromatic rings. The maximum atomic E-state index is 9.50. The van der Waals surface area contributed by atoms with Crippen LogP contribution >= 0.6 is 0 Å². The van der Waals surface area contributed by atoms with Crippen LogP contribution in [0.1, 0.15) is 17.0 Å². The van der Waals surface area contributed by atoms with Gasteiger partial charge >= 0.3 is 0 Å². The second kappa shape index (κ2) is 7.44. The van der Waals surface area contributed by atoms with E-state index in [1.807, 2.05) is 41.2 Å². The number of nitrogen functional groups attached to an aromatic ring is 1. The van der Waals surface area contributed by atoms with Crippen molar-refractivity contribution in [1.29, 1.82) is 5.26 Å². The maximum absolute atomic E-state index is 9.50. The lowest BCUT2D eigenvalue weighted by atomic mass is 10.2. The van der Waals surface area contributed by atoms with Crippen LogP contribution in [0.3, 0.4) is 0 Å². The Balaban J connectivity index is 1.87. The van der Waals surface area contributed by atoms with E-state index in [9.17, 15) is 5.26 Å². The first-order valence-electron chi connectivity index (χ1n) is 7.92. The minimum absolute atomic E-state index is 0.0691. The Morgan fingerprint density at radius 3 is 2.69 bits per heavy atom. The quantitative estimate of drug-likeness (QED) is 0.702. The molecule has 0 aliphatic rings. The molecule has 3 rings (SSSR count). The van der Waals surface area contributed by atoms with E-state index in [2.05, 4.69) is 26.1 Å². The Hall–Kier alpha value is -3.73. The van der Waals surface area contributed by atoms with E-state index in [0.29, 0.717) is 18.1 Å². The largest absolute Gasteiger partial charge is 0.368 e. The van der Waals surface area contributed by atoms with Gasteiger partial charge in [-0.05, 0) is 11.6 Å². The molecule has 8 nitrogen and oxygen atoms in total. The summed E-state index contributed by atoms with van der Waals surface area (Å²) in [6, 6.07) is 12.1. The van der Waals surface area contributed by atoms with Gasteiger partial charge in [-0.1, -0.05) is 30.3 Å². The number of aromatic nitrogens is 5. The number of nitriles is 1. The molecule has 2 heterocycles. The van der Waals surface area contributed by atoms with Gasteiger partial charge in [-0.25, -0.2) is 0 Å². The molecule has 0 bridgehead atoms. The van der Waals surface area contributed by atoms with Crippen molar-refractivity contribution in [2.24, 2.45) is 0 Å². The molecule has 0 saturated carbocycles. The molecule has 8 heteroatoms. The number of benzene rings is 1. The summed E-state index contributed by atoms with van der Waals surface area (Å²) in [5.74, 6) is 0.701. The Morgan fingerprint density at radius 2 is 2.00 bits per heavy atom. The molecule has 130 valence electrons. The van der Waals surface area contributed by atoms with Gasteiger partial charge < -0.3 is 10.6 Å². The monoisotopic (exact) mass is 346 g/mol. The van der Waals surface area contributed by atoms with Gasteiger partial charge in [-0.15, -0.1) is 0 Å². The normalized spacial score (nSPS) is 11.2. The molecule has 0 radical (unpaired) electrons. The summed E-state index contributed by atoms with van der Waals surface area (Å²) in [5, 5.41) is 13.8. The van der Waals surface area contributed by atoms with E-state index in [1.54, 1.807) is 31.3 Å². The van der Waals surface area contributed by atoms with Crippen molar-refractivity contribution >= 4 is 23.5 Å². The van der Waals surface area contributed by atoms with Gasteiger partial charge in [0.15, 0.2) is 5.82 Å². The van der Waals surface area contributed by atoms with E-state index in [0.717, 1.165) is 11.1 Å². The van der Waals surface area contributed by atoms with Gasteiger partial charge in [-0.3, -0.25) is 4.68 Å². The highest BCUT2D eigenvalue weighted by molar-refractivity contribution is 5.87. The van der Waals surface area contributed by atoms with E-state index in [1.165, 1.54) is 0 Å². The van der Waals surface area contributed by atoms with Crippen LogP contribution in [-0.4, -0.2) is 38.8 Å². The summed E-state index contributed by atoms with van der Waals surface area (Å²) in [5.41, 5.74) is 7.95. The third-order valence-electron chi connectivity index (χ3n) is 3.55. The number of nitrogens with zero attached hydrogens (tertiary/aromatic N) is 7. The number of nitrogens with two attached hydrogens (primary N) is 1. The van der Waals surface area contributed by atoms with Crippen LogP contribution in [0.2, 0.25) is 0 Å². The number of hydrogen-bond acceptors (Lipinski definition) is 7. The summed E-state index contributed by atoms with van der Waals surface area (Å²) in [6.07, 6.45) is 5.24. The summed E-state index contributed by atoms with van der Waals surface area (Å²) in [4.78, 5) is 14.1. The highest BCUT2D eigenvalue weighted by Gasteiger charge is 2.11. The molecule has 1 aromatic carbocycles. The molecule has 0 unspecified atom stereocenters. The van der Waals surface area contributed by atoms with Crippen molar-refractivity contribution in [3.63, 3.8) is 0 Å². The minimum Gasteiger partial charge on any atom is -0.368 e. The molecule has 0 saturated heterocycles. The van der Waals surface area contributed by atoms with Crippen LogP contribution in [0.5, 0.6) is 0 Å². The Labute approximate surface area is 151 Å². The summed E-state index contributed by atoms with van der Waals surface area (Å²) < 4.78 is 1.81. The van der Waals surface area contributed by atoms with E-state index in [4.69, 9.17) is 5.73 Å². The first-order chi connectivity index (χ1) is 12.5. The van der Waals surface area contributed by atoms with Crippen LogP contribution in [-0.2, 0) is 6.54 Å². The minimum atomic E-state index is 0.0691. The van der Waals surface area contributed by atoms with Gasteiger partial charge in [0.2, 0.25) is 11.9 Å². The third-order valence-corrected chi connectivity index (χ3v) is 3.55. The Morgan fingerprint density at radius 1 is 1.23 bits per heavy atom. The van der Waals surface area contributed by atoms with Gasteiger partial charge in [0.25, 0.3) is 0 Å². The standard InChI is InChI=1S/C18H18N8/c1-25(2)18-23-16(22-17(20)24-18)15(9-19)8-14-10-21-26(12-14)11-13-6-4-3-5-7-13/h3-8,10,12H,11H2,1-2H3,(H2,20,22,23,24)/b15-8-. The molecule has 26 heavy (non-hydrogen) atoms. The van der Waals surface area contributed by atoms with Crippen molar-refractivity contribution in [2.75, 3.05) is 24.7 Å². The zero-order chi connectivity index (χ0) is 18.5. The van der Waals surface area contributed by atoms with E-state index in [-0.39, 0.29) is 11.8 Å².